The SMILES string of the molecule is CN(C)S(=O)(=O)CCNC(=O)c1cccc(CCl)c1. The fourth-order valence-corrected chi connectivity index (χ4v) is 2.27. The Hall–Kier alpha value is -1.11. The summed E-state index contributed by atoms with van der Waals surface area (Å²) in [5.41, 5.74) is 1.32. The first-order chi connectivity index (χ1) is 8.86. The molecule has 1 rings (SSSR count). The monoisotopic (exact) mass is 304 g/mol. The van der Waals surface area contributed by atoms with Crippen LogP contribution in [0.2, 0.25) is 0 Å². The van der Waals surface area contributed by atoms with Crippen molar-refractivity contribution in [3.8, 4) is 0 Å². The Kier molecular flexibility index (Phi) is 5.78. The van der Waals surface area contributed by atoms with Gasteiger partial charge in [0, 0.05) is 32.1 Å². The average Bonchev–Trinajstić information content (AvgIpc) is 2.38. The summed E-state index contributed by atoms with van der Waals surface area (Å²) in [4.78, 5) is 11.8. The number of nitrogens with zero attached hydrogens (tertiary/aromatic N) is 1. The number of halogens is 1. The van der Waals surface area contributed by atoms with Crippen LogP contribution in [0.3, 0.4) is 0 Å². The van der Waals surface area contributed by atoms with E-state index in [4.69, 9.17) is 11.6 Å². The number of hydrogen-bond acceptors (Lipinski definition) is 3. The summed E-state index contributed by atoms with van der Waals surface area (Å²) in [6.07, 6.45) is 0. The van der Waals surface area contributed by atoms with Gasteiger partial charge in [0.1, 0.15) is 0 Å². The first-order valence-electron chi connectivity index (χ1n) is 5.70. The van der Waals surface area contributed by atoms with Gasteiger partial charge < -0.3 is 5.32 Å². The summed E-state index contributed by atoms with van der Waals surface area (Å²) < 4.78 is 24.1. The topological polar surface area (TPSA) is 66.5 Å². The molecular weight excluding hydrogens is 288 g/mol. The van der Waals surface area contributed by atoms with E-state index in [-0.39, 0.29) is 18.2 Å². The molecule has 19 heavy (non-hydrogen) atoms. The first-order valence-corrected chi connectivity index (χ1v) is 7.84. The lowest BCUT2D eigenvalue weighted by Gasteiger charge is -2.11. The Bertz CT molecular complexity index is 544. The summed E-state index contributed by atoms with van der Waals surface area (Å²) in [5, 5.41) is 2.57. The van der Waals surface area contributed by atoms with Crippen LogP contribution in [0, 0.1) is 0 Å². The summed E-state index contributed by atoms with van der Waals surface area (Å²) in [7, 11) is -0.373. The van der Waals surface area contributed by atoms with Crippen molar-refractivity contribution in [3.05, 3.63) is 35.4 Å². The maximum atomic E-state index is 11.8. The second-order valence-electron chi connectivity index (χ2n) is 4.19. The highest BCUT2D eigenvalue weighted by atomic mass is 35.5. The Morgan fingerprint density at radius 3 is 2.63 bits per heavy atom. The fourth-order valence-electron chi connectivity index (χ4n) is 1.37. The number of sulfonamides is 1. The average molecular weight is 305 g/mol. The molecule has 7 heteroatoms. The second-order valence-corrected chi connectivity index (χ2v) is 6.76. The van der Waals surface area contributed by atoms with Crippen LogP contribution in [0.1, 0.15) is 15.9 Å². The van der Waals surface area contributed by atoms with Crippen molar-refractivity contribution in [2.75, 3.05) is 26.4 Å². The normalized spacial score (nSPS) is 11.6. The zero-order chi connectivity index (χ0) is 14.5. The van der Waals surface area contributed by atoms with Gasteiger partial charge >= 0.3 is 0 Å². The maximum absolute atomic E-state index is 11.8. The van der Waals surface area contributed by atoms with Gasteiger partial charge in [-0.2, -0.15) is 0 Å². The quantitative estimate of drug-likeness (QED) is 0.799. The highest BCUT2D eigenvalue weighted by Gasteiger charge is 2.14. The molecule has 0 aliphatic carbocycles. The number of carbonyl (C=O) groups is 1. The zero-order valence-corrected chi connectivity index (χ0v) is 12.5. The fraction of sp³-hybridized carbons (Fsp3) is 0.417. The van der Waals surface area contributed by atoms with Gasteiger partial charge in [0.25, 0.3) is 5.91 Å². The zero-order valence-electron chi connectivity index (χ0n) is 10.9. The molecule has 0 saturated heterocycles. The molecule has 0 aliphatic heterocycles. The number of nitrogens with one attached hydrogen (secondary N) is 1. The molecule has 1 amide bonds. The van der Waals surface area contributed by atoms with Crippen LogP contribution in [0.4, 0.5) is 0 Å². The summed E-state index contributed by atoms with van der Waals surface area (Å²) >= 11 is 5.69. The molecule has 0 radical (unpaired) electrons. The van der Waals surface area contributed by atoms with Gasteiger partial charge in [-0.3, -0.25) is 4.79 Å². The van der Waals surface area contributed by atoms with Crippen molar-refractivity contribution < 1.29 is 13.2 Å². The van der Waals surface area contributed by atoms with Gasteiger partial charge in [0.05, 0.1) is 5.75 Å². The number of hydrogen-bond donors (Lipinski definition) is 1. The Morgan fingerprint density at radius 2 is 2.05 bits per heavy atom. The number of alkyl halides is 1. The molecule has 106 valence electrons. The molecule has 0 unspecified atom stereocenters. The lowest BCUT2D eigenvalue weighted by atomic mass is 10.1. The van der Waals surface area contributed by atoms with Crippen LogP contribution in [0.15, 0.2) is 24.3 Å². The molecule has 0 spiro atoms. The van der Waals surface area contributed by atoms with E-state index in [0.717, 1.165) is 9.87 Å². The maximum Gasteiger partial charge on any atom is 0.251 e. The number of rotatable bonds is 6. The van der Waals surface area contributed by atoms with Crippen LogP contribution in [0.25, 0.3) is 0 Å². The number of benzene rings is 1. The third kappa shape index (κ3) is 4.81. The van der Waals surface area contributed by atoms with E-state index in [2.05, 4.69) is 5.32 Å². The minimum Gasteiger partial charge on any atom is -0.351 e. The minimum atomic E-state index is -3.29. The van der Waals surface area contributed by atoms with Gasteiger partial charge in [-0.25, -0.2) is 12.7 Å². The van der Waals surface area contributed by atoms with E-state index >= 15 is 0 Å². The Labute approximate surface area is 118 Å². The highest BCUT2D eigenvalue weighted by molar-refractivity contribution is 7.89. The van der Waals surface area contributed by atoms with Crippen LogP contribution in [-0.2, 0) is 15.9 Å². The van der Waals surface area contributed by atoms with Crippen molar-refractivity contribution in [1.29, 1.82) is 0 Å². The third-order valence-electron chi connectivity index (χ3n) is 2.55. The number of carbonyl (C=O) groups excluding carboxylic acids is 1. The smallest absolute Gasteiger partial charge is 0.251 e. The summed E-state index contributed by atoms with van der Waals surface area (Å²) in [6.45, 7) is 0.0739. The Balaban J connectivity index is 2.56. The van der Waals surface area contributed by atoms with E-state index < -0.39 is 10.0 Å². The van der Waals surface area contributed by atoms with Crippen LogP contribution >= 0.6 is 11.6 Å². The van der Waals surface area contributed by atoms with Gasteiger partial charge in [0.2, 0.25) is 10.0 Å². The van der Waals surface area contributed by atoms with E-state index in [1.54, 1.807) is 18.2 Å². The molecule has 0 heterocycles. The van der Waals surface area contributed by atoms with E-state index in [1.807, 2.05) is 6.07 Å². The van der Waals surface area contributed by atoms with Crippen molar-refractivity contribution in [2.24, 2.45) is 0 Å². The molecule has 0 atom stereocenters. The number of amides is 1. The molecule has 1 N–H and O–H groups in total. The largest absolute Gasteiger partial charge is 0.351 e. The van der Waals surface area contributed by atoms with Crippen LogP contribution in [0.5, 0.6) is 0 Å². The molecule has 0 bridgehead atoms. The molecular formula is C12H17ClN2O3S. The van der Waals surface area contributed by atoms with Crippen molar-refractivity contribution in [3.63, 3.8) is 0 Å². The van der Waals surface area contributed by atoms with Crippen LogP contribution in [-0.4, -0.2) is 45.0 Å². The van der Waals surface area contributed by atoms with E-state index in [1.165, 1.54) is 14.1 Å². The Morgan fingerprint density at radius 1 is 1.37 bits per heavy atom. The standard InChI is InChI=1S/C12H17ClN2O3S/c1-15(2)19(17,18)7-6-14-12(16)11-5-3-4-10(8-11)9-13/h3-5,8H,6-7,9H2,1-2H3,(H,14,16). The lowest BCUT2D eigenvalue weighted by Crippen LogP contribution is -2.33. The predicted octanol–water partition coefficient (Wildman–Crippen LogP) is 1.05. The van der Waals surface area contributed by atoms with Crippen molar-refractivity contribution in [2.45, 2.75) is 5.88 Å². The highest BCUT2D eigenvalue weighted by Crippen LogP contribution is 2.07. The van der Waals surface area contributed by atoms with E-state index in [9.17, 15) is 13.2 Å². The predicted molar refractivity (Wildman–Crippen MR) is 75.8 cm³/mol. The molecule has 0 aromatic heterocycles. The molecule has 0 fully saturated rings. The van der Waals surface area contributed by atoms with Gasteiger partial charge in [-0.15, -0.1) is 11.6 Å². The lowest BCUT2D eigenvalue weighted by molar-refractivity contribution is 0.0956. The molecule has 0 aliphatic rings. The molecule has 0 saturated carbocycles. The van der Waals surface area contributed by atoms with Crippen molar-refractivity contribution in [1.82, 2.24) is 9.62 Å². The van der Waals surface area contributed by atoms with E-state index in [0.29, 0.717) is 11.4 Å². The van der Waals surface area contributed by atoms with Crippen LogP contribution < -0.4 is 5.32 Å². The molecule has 1 aromatic rings. The summed E-state index contributed by atoms with van der Waals surface area (Å²) in [5.74, 6) is -0.0993. The molecule has 5 nitrogen and oxygen atoms in total. The molecule has 1 aromatic carbocycles. The van der Waals surface area contributed by atoms with Crippen molar-refractivity contribution >= 4 is 27.5 Å². The second kappa shape index (κ2) is 6.88. The third-order valence-corrected chi connectivity index (χ3v) is 4.69. The minimum absolute atomic E-state index is 0.0739. The van der Waals surface area contributed by atoms with Gasteiger partial charge in [0.15, 0.2) is 0 Å². The summed E-state index contributed by atoms with van der Waals surface area (Å²) in [6, 6.07) is 6.90. The first kappa shape index (κ1) is 15.9. The van der Waals surface area contributed by atoms with Gasteiger partial charge in [-0.05, 0) is 17.7 Å². The van der Waals surface area contributed by atoms with Gasteiger partial charge in [-0.1, -0.05) is 12.1 Å².